The summed E-state index contributed by atoms with van der Waals surface area (Å²) in [5.41, 5.74) is 3.68. The van der Waals surface area contributed by atoms with Crippen LogP contribution in [-0.4, -0.2) is 12.7 Å². The van der Waals surface area contributed by atoms with Gasteiger partial charge in [0.15, 0.2) is 0 Å². The van der Waals surface area contributed by atoms with Crippen molar-refractivity contribution in [2.45, 2.75) is 31.2 Å². The van der Waals surface area contributed by atoms with Gasteiger partial charge in [0.2, 0.25) is 0 Å². The van der Waals surface area contributed by atoms with E-state index < -0.39 is 0 Å². The zero-order valence-electron chi connectivity index (χ0n) is 12.3. The predicted molar refractivity (Wildman–Crippen MR) is 88.6 cm³/mol. The van der Waals surface area contributed by atoms with Crippen molar-refractivity contribution in [1.82, 2.24) is 0 Å². The molecule has 0 aromatic heterocycles. The van der Waals surface area contributed by atoms with Gasteiger partial charge in [0.05, 0.1) is 11.4 Å². The molecule has 2 nitrogen and oxygen atoms in total. The van der Waals surface area contributed by atoms with Gasteiger partial charge in [-0.3, -0.25) is 0 Å². The molecule has 110 valence electrons. The number of fused-ring (bicyclic) bond motifs is 1. The summed E-state index contributed by atoms with van der Waals surface area (Å²) in [6.45, 7) is 4.79. The molecule has 0 bridgehead atoms. The number of rotatable bonds is 4. The third-order valence-corrected chi connectivity index (χ3v) is 4.73. The van der Waals surface area contributed by atoms with Crippen molar-refractivity contribution in [2.24, 2.45) is 0 Å². The van der Waals surface area contributed by atoms with Crippen molar-refractivity contribution in [3.63, 3.8) is 0 Å². The van der Waals surface area contributed by atoms with Crippen LogP contribution in [0.25, 0.3) is 0 Å². The third kappa shape index (κ3) is 2.93. The van der Waals surface area contributed by atoms with E-state index in [2.05, 4.69) is 47.1 Å². The molecule has 0 radical (unpaired) electrons. The van der Waals surface area contributed by atoms with Crippen LogP contribution in [0.4, 0.5) is 0 Å². The van der Waals surface area contributed by atoms with Crippen LogP contribution in [0.5, 0.6) is 11.5 Å². The molecule has 0 aliphatic carbocycles. The van der Waals surface area contributed by atoms with Crippen molar-refractivity contribution >= 4 is 15.9 Å². The summed E-state index contributed by atoms with van der Waals surface area (Å²) in [5.74, 6) is 1.95. The Morgan fingerprint density at radius 3 is 2.90 bits per heavy atom. The molecule has 2 unspecified atom stereocenters. The Hall–Kier alpha value is -1.48. The molecule has 21 heavy (non-hydrogen) atoms. The lowest BCUT2D eigenvalue weighted by Gasteiger charge is -2.16. The van der Waals surface area contributed by atoms with Crippen LogP contribution in [0.2, 0.25) is 0 Å². The van der Waals surface area contributed by atoms with Gasteiger partial charge in [0, 0.05) is 12.0 Å². The lowest BCUT2D eigenvalue weighted by Crippen LogP contribution is -2.05. The van der Waals surface area contributed by atoms with E-state index in [-0.39, 0.29) is 10.9 Å². The second-order valence-electron chi connectivity index (χ2n) is 5.33. The highest BCUT2D eigenvalue weighted by atomic mass is 79.9. The molecule has 0 saturated carbocycles. The van der Waals surface area contributed by atoms with Gasteiger partial charge in [-0.15, -0.1) is 0 Å². The van der Waals surface area contributed by atoms with Gasteiger partial charge in [0.25, 0.3) is 0 Å². The fourth-order valence-electron chi connectivity index (χ4n) is 2.76. The molecule has 2 atom stereocenters. The molecular formula is C18H19BrO2. The minimum absolute atomic E-state index is 0.126. The topological polar surface area (TPSA) is 18.5 Å². The molecule has 1 aliphatic heterocycles. The second-order valence-corrected chi connectivity index (χ2v) is 6.25. The molecule has 0 N–H and O–H groups in total. The van der Waals surface area contributed by atoms with Crippen LogP contribution in [0.15, 0.2) is 42.5 Å². The Balaban J connectivity index is 1.92. The van der Waals surface area contributed by atoms with Crippen LogP contribution >= 0.6 is 15.9 Å². The number of alkyl halides is 1. The number of hydrogen-bond acceptors (Lipinski definition) is 2. The molecule has 0 fully saturated rings. The van der Waals surface area contributed by atoms with Gasteiger partial charge >= 0.3 is 0 Å². The molecule has 3 rings (SSSR count). The number of hydrogen-bond donors (Lipinski definition) is 0. The van der Waals surface area contributed by atoms with Crippen LogP contribution in [0.1, 0.15) is 35.4 Å². The van der Waals surface area contributed by atoms with Gasteiger partial charge in [-0.25, -0.2) is 0 Å². The number of benzene rings is 2. The minimum atomic E-state index is 0.126. The first kappa shape index (κ1) is 14.5. The van der Waals surface area contributed by atoms with Crippen LogP contribution in [0, 0.1) is 0 Å². The highest BCUT2D eigenvalue weighted by Gasteiger charge is 2.22. The van der Waals surface area contributed by atoms with E-state index in [0.717, 1.165) is 23.5 Å². The second kappa shape index (κ2) is 6.10. The zero-order valence-corrected chi connectivity index (χ0v) is 13.9. The Labute approximate surface area is 134 Å². The SMILES string of the molecule is CCOc1ccccc1C(Br)c1ccc2c(c1)CC(C)O2. The average molecular weight is 347 g/mol. The highest BCUT2D eigenvalue weighted by molar-refractivity contribution is 9.09. The molecule has 2 aromatic rings. The van der Waals surface area contributed by atoms with Gasteiger partial charge in [0.1, 0.15) is 17.6 Å². The van der Waals surface area contributed by atoms with Gasteiger partial charge in [-0.1, -0.05) is 46.3 Å². The average Bonchev–Trinajstić information content (AvgIpc) is 2.86. The smallest absolute Gasteiger partial charge is 0.123 e. The van der Waals surface area contributed by atoms with Crippen molar-refractivity contribution < 1.29 is 9.47 Å². The van der Waals surface area contributed by atoms with Crippen molar-refractivity contribution in [3.05, 3.63) is 59.2 Å². The quantitative estimate of drug-likeness (QED) is 0.733. The van der Waals surface area contributed by atoms with Gasteiger partial charge < -0.3 is 9.47 Å². The predicted octanol–water partition coefficient (Wildman–Crippen LogP) is 4.89. The van der Waals surface area contributed by atoms with E-state index in [1.165, 1.54) is 11.1 Å². The normalized spacial score (nSPS) is 18.0. The zero-order chi connectivity index (χ0) is 14.8. The fraction of sp³-hybridized carbons (Fsp3) is 0.333. The Kier molecular flexibility index (Phi) is 4.20. The van der Waals surface area contributed by atoms with E-state index in [0.29, 0.717) is 6.61 Å². The molecule has 2 aromatic carbocycles. The van der Waals surface area contributed by atoms with E-state index in [4.69, 9.17) is 9.47 Å². The number of para-hydroxylation sites is 1. The summed E-state index contributed by atoms with van der Waals surface area (Å²) >= 11 is 3.82. The minimum Gasteiger partial charge on any atom is -0.494 e. The molecular weight excluding hydrogens is 328 g/mol. The first-order chi connectivity index (χ1) is 10.2. The first-order valence-corrected chi connectivity index (χ1v) is 8.26. The van der Waals surface area contributed by atoms with E-state index in [1.807, 2.05) is 25.1 Å². The number of ether oxygens (including phenoxy) is 2. The first-order valence-electron chi connectivity index (χ1n) is 7.34. The maximum atomic E-state index is 5.77. The summed E-state index contributed by atoms with van der Waals surface area (Å²) in [5, 5.41) is 0. The van der Waals surface area contributed by atoms with Crippen LogP contribution in [-0.2, 0) is 6.42 Å². The molecule has 3 heteroatoms. The fourth-order valence-corrected chi connectivity index (χ4v) is 3.42. The monoisotopic (exact) mass is 346 g/mol. The lowest BCUT2D eigenvalue weighted by molar-refractivity contribution is 0.254. The highest BCUT2D eigenvalue weighted by Crippen LogP contribution is 2.39. The van der Waals surface area contributed by atoms with E-state index in [9.17, 15) is 0 Å². The molecule has 1 aliphatic rings. The van der Waals surface area contributed by atoms with Crippen LogP contribution < -0.4 is 9.47 Å². The maximum absolute atomic E-state index is 5.77. The summed E-state index contributed by atoms with van der Waals surface area (Å²) in [6.07, 6.45) is 1.26. The van der Waals surface area contributed by atoms with E-state index in [1.54, 1.807) is 0 Å². The Morgan fingerprint density at radius 2 is 2.10 bits per heavy atom. The van der Waals surface area contributed by atoms with Crippen molar-refractivity contribution in [1.29, 1.82) is 0 Å². The van der Waals surface area contributed by atoms with Crippen molar-refractivity contribution in [2.75, 3.05) is 6.61 Å². The Bertz CT molecular complexity index is 639. The Morgan fingerprint density at radius 1 is 1.29 bits per heavy atom. The maximum Gasteiger partial charge on any atom is 0.123 e. The lowest BCUT2D eigenvalue weighted by atomic mass is 10.0. The standard InChI is InChI=1S/C18H19BrO2/c1-3-20-17-7-5-4-6-15(17)18(19)13-8-9-16-14(11-13)10-12(2)21-16/h4-9,11-12,18H,3,10H2,1-2H3. The third-order valence-electron chi connectivity index (χ3n) is 3.70. The van der Waals surface area contributed by atoms with Gasteiger partial charge in [-0.2, -0.15) is 0 Å². The molecule has 1 heterocycles. The summed E-state index contributed by atoms with van der Waals surface area (Å²) in [4.78, 5) is 0.126. The molecule has 0 amide bonds. The summed E-state index contributed by atoms with van der Waals surface area (Å²) in [7, 11) is 0. The molecule has 0 saturated heterocycles. The molecule has 0 spiro atoms. The largest absolute Gasteiger partial charge is 0.494 e. The van der Waals surface area contributed by atoms with E-state index >= 15 is 0 Å². The number of halogens is 1. The summed E-state index contributed by atoms with van der Waals surface area (Å²) in [6, 6.07) is 14.6. The van der Waals surface area contributed by atoms with Gasteiger partial charge in [-0.05, 0) is 37.1 Å². The summed E-state index contributed by atoms with van der Waals surface area (Å²) < 4.78 is 11.5. The van der Waals surface area contributed by atoms with Crippen molar-refractivity contribution in [3.8, 4) is 11.5 Å². The van der Waals surface area contributed by atoms with Crippen LogP contribution in [0.3, 0.4) is 0 Å².